The van der Waals surface area contributed by atoms with Crippen molar-refractivity contribution in [3.8, 4) is 0 Å². The van der Waals surface area contributed by atoms with Crippen LogP contribution in [0, 0.1) is 0 Å². The monoisotopic (exact) mass is 362 g/mol. The molecule has 2 aromatic heterocycles. The molecule has 0 fully saturated rings. The van der Waals surface area contributed by atoms with Crippen molar-refractivity contribution in [1.29, 1.82) is 0 Å². The Labute approximate surface area is 155 Å². The normalized spacial score (nSPS) is 12.2. The van der Waals surface area contributed by atoms with Gasteiger partial charge >= 0.3 is 0 Å². The number of hydrogen-bond donors (Lipinski definition) is 2. The number of aliphatic hydroxyl groups is 1. The maximum absolute atomic E-state index is 12.2. The van der Waals surface area contributed by atoms with Crippen LogP contribution in [-0.2, 0) is 6.54 Å². The Morgan fingerprint density at radius 1 is 1.15 bits per heavy atom. The third kappa shape index (κ3) is 3.73. The summed E-state index contributed by atoms with van der Waals surface area (Å²) >= 11 is 0. The van der Waals surface area contributed by atoms with Gasteiger partial charge in [-0.2, -0.15) is 0 Å². The molecular formula is C20H18N4O3. The lowest BCUT2D eigenvalue weighted by molar-refractivity contribution is 0.0911. The number of nitrogens with one attached hydrogen (secondary N) is 1. The molecule has 0 unspecified atom stereocenters. The smallest absolute Gasteiger partial charge is 0.273 e. The van der Waals surface area contributed by atoms with Crippen molar-refractivity contribution < 1.29 is 14.3 Å². The fourth-order valence-corrected chi connectivity index (χ4v) is 2.84. The van der Waals surface area contributed by atoms with E-state index in [-0.39, 0.29) is 12.2 Å². The van der Waals surface area contributed by atoms with Gasteiger partial charge in [0, 0.05) is 6.54 Å². The molecule has 0 bridgehead atoms. The molecule has 0 aliphatic rings. The predicted molar refractivity (Wildman–Crippen MR) is 99.1 cm³/mol. The summed E-state index contributed by atoms with van der Waals surface area (Å²) in [6.45, 7) is 0.470. The summed E-state index contributed by atoms with van der Waals surface area (Å²) in [6, 6.07) is 16.9. The SMILES string of the molecule is O=C(NC[C@H](O)c1ccccc1)c1coc(Cn2cnc3ccccc32)n1. The molecule has 0 spiro atoms. The number of amides is 1. The van der Waals surface area contributed by atoms with Crippen molar-refractivity contribution in [1.82, 2.24) is 19.9 Å². The number of benzene rings is 2. The number of nitrogens with zero attached hydrogens (tertiary/aromatic N) is 3. The van der Waals surface area contributed by atoms with E-state index in [1.165, 1.54) is 6.26 Å². The number of para-hydroxylation sites is 2. The van der Waals surface area contributed by atoms with Crippen LogP contribution in [0.1, 0.15) is 28.0 Å². The van der Waals surface area contributed by atoms with Gasteiger partial charge in [0.05, 0.1) is 23.5 Å². The number of hydrogen-bond acceptors (Lipinski definition) is 5. The molecule has 0 saturated heterocycles. The van der Waals surface area contributed by atoms with E-state index in [4.69, 9.17) is 4.42 Å². The van der Waals surface area contributed by atoms with Crippen molar-refractivity contribution >= 4 is 16.9 Å². The first-order valence-corrected chi connectivity index (χ1v) is 8.56. The first-order chi connectivity index (χ1) is 13.2. The fourth-order valence-electron chi connectivity index (χ4n) is 2.84. The van der Waals surface area contributed by atoms with Gasteiger partial charge < -0.3 is 19.4 Å². The van der Waals surface area contributed by atoms with Gasteiger partial charge in [0.2, 0.25) is 5.89 Å². The Morgan fingerprint density at radius 2 is 1.93 bits per heavy atom. The average Bonchev–Trinajstić information content (AvgIpc) is 3.34. The molecule has 7 nitrogen and oxygen atoms in total. The molecule has 0 aliphatic carbocycles. The van der Waals surface area contributed by atoms with E-state index in [2.05, 4.69) is 15.3 Å². The van der Waals surface area contributed by atoms with Crippen LogP contribution >= 0.6 is 0 Å². The molecule has 27 heavy (non-hydrogen) atoms. The third-order valence-corrected chi connectivity index (χ3v) is 4.26. The minimum atomic E-state index is -0.779. The zero-order chi connectivity index (χ0) is 18.6. The second-order valence-corrected chi connectivity index (χ2v) is 6.12. The number of carbonyl (C=O) groups is 1. The Bertz CT molecular complexity index is 1060. The molecule has 4 rings (SSSR count). The van der Waals surface area contributed by atoms with Gasteiger partial charge in [0.25, 0.3) is 5.91 Å². The minimum Gasteiger partial charge on any atom is -0.446 e. The van der Waals surface area contributed by atoms with Gasteiger partial charge in [-0.15, -0.1) is 0 Å². The van der Waals surface area contributed by atoms with E-state index in [1.54, 1.807) is 18.5 Å². The summed E-state index contributed by atoms with van der Waals surface area (Å²) < 4.78 is 7.32. The molecule has 2 N–H and O–H groups in total. The Hall–Kier alpha value is -3.45. The summed E-state index contributed by atoms with van der Waals surface area (Å²) in [6.07, 6.45) is 2.25. The van der Waals surface area contributed by atoms with Gasteiger partial charge in [0.15, 0.2) is 5.69 Å². The van der Waals surface area contributed by atoms with Gasteiger partial charge in [0.1, 0.15) is 12.8 Å². The highest BCUT2D eigenvalue weighted by atomic mass is 16.3. The summed E-state index contributed by atoms with van der Waals surface area (Å²) in [5, 5.41) is 12.8. The molecule has 4 aromatic rings. The Balaban J connectivity index is 1.39. The number of aliphatic hydroxyl groups excluding tert-OH is 1. The van der Waals surface area contributed by atoms with Gasteiger partial charge in [-0.3, -0.25) is 4.79 Å². The molecular weight excluding hydrogens is 344 g/mol. The second-order valence-electron chi connectivity index (χ2n) is 6.12. The maximum Gasteiger partial charge on any atom is 0.273 e. The first-order valence-electron chi connectivity index (χ1n) is 8.56. The van der Waals surface area contributed by atoms with Gasteiger partial charge in [-0.25, -0.2) is 9.97 Å². The maximum atomic E-state index is 12.2. The quantitative estimate of drug-likeness (QED) is 0.550. The molecule has 2 heterocycles. The predicted octanol–water partition coefficient (Wildman–Crippen LogP) is 2.54. The molecule has 7 heteroatoms. The van der Waals surface area contributed by atoms with Crippen LogP contribution in [0.2, 0.25) is 0 Å². The van der Waals surface area contributed by atoms with Crippen molar-refractivity contribution in [2.45, 2.75) is 12.6 Å². The highest BCUT2D eigenvalue weighted by Crippen LogP contribution is 2.14. The van der Waals surface area contributed by atoms with E-state index in [1.807, 2.05) is 47.0 Å². The summed E-state index contributed by atoms with van der Waals surface area (Å²) in [4.78, 5) is 20.8. The van der Waals surface area contributed by atoms with Crippen LogP contribution in [0.25, 0.3) is 11.0 Å². The summed E-state index contributed by atoms with van der Waals surface area (Å²) in [7, 11) is 0. The lowest BCUT2D eigenvalue weighted by Crippen LogP contribution is -2.28. The number of fused-ring (bicyclic) bond motifs is 1. The summed E-state index contributed by atoms with van der Waals surface area (Å²) in [5.41, 5.74) is 2.77. The van der Waals surface area contributed by atoms with E-state index >= 15 is 0 Å². The second kappa shape index (κ2) is 7.43. The average molecular weight is 362 g/mol. The zero-order valence-electron chi connectivity index (χ0n) is 14.4. The third-order valence-electron chi connectivity index (χ3n) is 4.26. The topological polar surface area (TPSA) is 93.2 Å². The lowest BCUT2D eigenvalue weighted by Gasteiger charge is -2.11. The zero-order valence-corrected chi connectivity index (χ0v) is 14.4. The molecule has 136 valence electrons. The Morgan fingerprint density at radius 3 is 2.78 bits per heavy atom. The number of oxazole rings is 1. The minimum absolute atomic E-state index is 0.0944. The van der Waals surface area contributed by atoms with Crippen LogP contribution < -0.4 is 5.32 Å². The molecule has 2 aromatic carbocycles. The molecule has 1 atom stereocenters. The van der Waals surface area contributed by atoms with E-state index in [0.29, 0.717) is 12.4 Å². The van der Waals surface area contributed by atoms with Crippen LogP contribution in [0.5, 0.6) is 0 Å². The molecule has 0 aliphatic heterocycles. The fraction of sp³-hybridized carbons (Fsp3) is 0.150. The standard InChI is InChI=1S/C20H18N4O3/c25-18(14-6-2-1-3-7-14)10-21-20(26)16-12-27-19(23-16)11-24-13-22-15-8-4-5-9-17(15)24/h1-9,12-13,18,25H,10-11H2,(H,21,26)/t18-/m0/s1. The van der Waals surface area contributed by atoms with Crippen LogP contribution in [0.3, 0.4) is 0 Å². The largest absolute Gasteiger partial charge is 0.446 e. The molecule has 1 amide bonds. The number of aromatic nitrogens is 3. The van der Waals surface area contributed by atoms with Gasteiger partial charge in [-0.1, -0.05) is 42.5 Å². The van der Waals surface area contributed by atoms with Gasteiger partial charge in [-0.05, 0) is 17.7 Å². The van der Waals surface area contributed by atoms with Crippen molar-refractivity contribution in [2.24, 2.45) is 0 Å². The first kappa shape index (κ1) is 17.0. The Kier molecular flexibility index (Phi) is 4.67. The number of rotatable bonds is 6. The van der Waals surface area contributed by atoms with Crippen molar-refractivity contribution in [3.63, 3.8) is 0 Å². The molecule has 0 radical (unpaired) electrons. The van der Waals surface area contributed by atoms with Crippen LogP contribution in [-0.4, -0.2) is 32.1 Å². The lowest BCUT2D eigenvalue weighted by atomic mass is 10.1. The highest BCUT2D eigenvalue weighted by Gasteiger charge is 2.15. The summed E-state index contributed by atoms with van der Waals surface area (Å²) in [5.74, 6) is 0.0161. The number of imidazole rings is 1. The van der Waals surface area contributed by atoms with Crippen molar-refractivity contribution in [3.05, 3.63) is 84.3 Å². The van der Waals surface area contributed by atoms with Crippen molar-refractivity contribution in [2.75, 3.05) is 6.54 Å². The molecule has 0 saturated carbocycles. The van der Waals surface area contributed by atoms with E-state index in [0.717, 1.165) is 16.6 Å². The highest BCUT2D eigenvalue weighted by molar-refractivity contribution is 5.91. The van der Waals surface area contributed by atoms with E-state index < -0.39 is 12.0 Å². The van der Waals surface area contributed by atoms with Crippen LogP contribution in [0.4, 0.5) is 0 Å². The van der Waals surface area contributed by atoms with Crippen LogP contribution in [0.15, 0.2) is 71.6 Å². The van der Waals surface area contributed by atoms with E-state index in [9.17, 15) is 9.90 Å². The number of carbonyl (C=O) groups excluding carboxylic acids is 1.